The third-order valence-electron chi connectivity index (χ3n) is 2.94. The summed E-state index contributed by atoms with van der Waals surface area (Å²) in [5.74, 6) is -0.322. The zero-order chi connectivity index (χ0) is 16.2. The second-order valence-corrected chi connectivity index (χ2v) is 8.01. The Morgan fingerprint density at radius 1 is 1.23 bits per heavy atom. The van der Waals surface area contributed by atoms with Crippen molar-refractivity contribution < 1.29 is 13.2 Å². The number of carbonyl (C=O) groups excluding carboxylic acids is 1. The maximum Gasteiger partial charge on any atom is 0.256 e. The Bertz CT molecular complexity index is 767. The van der Waals surface area contributed by atoms with Gasteiger partial charge < -0.3 is 10.6 Å². The quantitative estimate of drug-likeness (QED) is 0.848. The Morgan fingerprint density at radius 3 is 2.50 bits per heavy atom. The molecular weight excluding hydrogens is 320 g/mol. The second-order valence-electron chi connectivity index (χ2n) is 4.85. The maximum atomic E-state index is 12.3. The Kier molecular flexibility index (Phi) is 5.20. The van der Waals surface area contributed by atoms with Gasteiger partial charge in [-0.25, -0.2) is 8.42 Å². The molecule has 0 fully saturated rings. The minimum absolute atomic E-state index is 0.190. The molecule has 2 N–H and O–H groups in total. The van der Waals surface area contributed by atoms with Crippen LogP contribution in [0.2, 0.25) is 0 Å². The molecule has 1 aromatic heterocycles. The Balaban J connectivity index is 2.17. The highest BCUT2D eigenvalue weighted by Crippen LogP contribution is 2.24. The molecule has 0 bridgehead atoms. The number of carbonyl (C=O) groups is 1. The normalized spacial score (nSPS) is 11.2. The molecule has 118 valence electrons. The SMILES string of the molecule is CCCNc1ccccc1NC(=O)c1csc(S(C)(=O)=O)c1. The zero-order valence-corrected chi connectivity index (χ0v) is 14.1. The second kappa shape index (κ2) is 6.93. The molecule has 2 aromatic rings. The van der Waals surface area contributed by atoms with E-state index in [4.69, 9.17) is 0 Å². The number of hydrogen-bond acceptors (Lipinski definition) is 5. The molecule has 1 amide bonds. The summed E-state index contributed by atoms with van der Waals surface area (Å²) in [4.78, 5) is 12.3. The highest BCUT2D eigenvalue weighted by atomic mass is 32.2. The third kappa shape index (κ3) is 4.08. The number of para-hydroxylation sites is 2. The average Bonchev–Trinajstić information content (AvgIpc) is 2.96. The number of thiophene rings is 1. The van der Waals surface area contributed by atoms with Gasteiger partial charge in [-0.3, -0.25) is 4.79 Å². The fourth-order valence-corrected chi connectivity index (χ4v) is 3.63. The van der Waals surface area contributed by atoms with E-state index in [0.29, 0.717) is 11.3 Å². The van der Waals surface area contributed by atoms with Gasteiger partial charge in [0.1, 0.15) is 4.21 Å². The van der Waals surface area contributed by atoms with Crippen LogP contribution >= 0.6 is 11.3 Å². The summed E-state index contributed by atoms with van der Waals surface area (Å²) in [6.45, 7) is 2.87. The summed E-state index contributed by atoms with van der Waals surface area (Å²) in [7, 11) is -3.28. The topological polar surface area (TPSA) is 75.3 Å². The van der Waals surface area contributed by atoms with Gasteiger partial charge in [0.05, 0.1) is 16.9 Å². The Morgan fingerprint density at radius 2 is 1.91 bits per heavy atom. The summed E-state index contributed by atoms with van der Waals surface area (Å²) in [5.41, 5.74) is 1.86. The summed E-state index contributed by atoms with van der Waals surface area (Å²) >= 11 is 1.05. The van der Waals surface area contributed by atoms with E-state index >= 15 is 0 Å². The fraction of sp³-hybridized carbons (Fsp3) is 0.267. The molecule has 0 unspecified atom stereocenters. The molecule has 0 saturated heterocycles. The molecule has 0 atom stereocenters. The third-order valence-corrected chi connectivity index (χ3v) is 5.71. The number of hydrogen-bond donors (Lipinski definition) is 2. The van der Waals surface area contributed by atoms with Gasteiger partial charge in [-0.05, 0) is 24.6 Å². The molecular formula is C15H18N2O3S2. The molecule has 5 nitrogen and oxygen atoms in total. The molecule has 22 heavy (non-hydrogen) atoms. The lowest BCUT2D eigenvalue weighted by Crippen LogP contribution is -2.13. The maximum absolute atomic E-state index is 12.3. The lowest BCUT2D eigenvalue weighted by molar-refractivity contribution is 0.102. The first-order valence-corrected chi connectivity index (χ1v) is 9.61. The van der Waals surface area contributed by atoms with Crippen LogP contribution in [0, 0.1) is 0 Å². The highest BCUT2D eigenvalue weighted by molar-refractivity contribution is 7.92. The standard InChI is InChI=1S/C15H18N2O3S2/c1-3-8-16-12-6-4-5-7-13(12)17-15(18)11-9-14(21-10-11)22(2,19)20/h4-7,9-10,16H,3,8H2,1-2H3,(H,17,18). The monoisotopic (exact) mass is 338 g/mol. The van der Waals surface area contributed by atoms with Crippen LogP contribution in [0.25, 0.3) is 0 Å². The van der Waals surface area contributed by atoms with Gasteiger partial charge in [-0.1, -0.05) is 19.1 Å². The predicted octanol–water partition coefficient (Wildman–Crippen LogP) is 3.23. The van der Waals surface area contributed by atoms with Crippen LogP contribution in [0.4, 0.5) is 11.4 Å². The van der Waals surface area contributed by atoms with Crippen molar-refractivity contribution in [2.24, 2.45) is 0 Å². The van der Waals surface area contributed by atoms with Crippen molar-refractivity contribution in [2.45, 2.75) is 17.6 Å². The van der Waals surface area contributed by atoms with Crippen molar-refractivity contribution in [3.05, 3.63) is 41.3 Å². The first-order chi connectivity index (χ1) is 10.4. The van der Waals surface area contributed by atoms with Crippen molar-refractivity contribution in [3.8, 4) is 0 Å². The predicted molar refractivity (Wildman–Crippen MR) is 90.6 cm³/mol. The van der Waals surface area contributed by atoms with Gasteiger partial charge >= 0.3 is 0 Å². The minimum atomic E-state index is -3.28. The van der Waals surface area contributed by atoms with E-state index in [1.54, 1.807) is 11.4 Å². The number of benzene rings is 1. The summed E-state index contributed by atoms with van der Waals surface area (Å²) in [5, 5.41) is 7.60. The first-order valence-electron chi connectivity index (χ1n) is 6.84. The number of anilines is 2. The molecule has 0 radical (unpaired) electrons. The van der Waals surface area contributed by atoms with Crippen LogP contribution in [0.1, 0.15) is 23.7 Å². The number of amides is 1. The van der Waals surface area contributed by atoms with Crippen molar-refractivity contribution >= 4 is 38.5 Å². The van der Waals surface area contributed by atoms with E-state index in [1.807, 2.05) is 18.2 Å². The lowest BCUT2D eigenvalue weighted by Gasteiger charge is -2.12. The van der Waals surface area contributed by atoms with Crippen LogP contribution < -0.4 is 10.6 Å². The van der Waals surface area contributed by atoms with Crippen LogP contribution in [-0.2, 0) is 9.84 Å². The van der Waals surface area contributed by atoms with Gasteiger partial charge in [0.25, 0.3) is 5.91 Å². The Labute approximate surface area is 134 Å². The molecule has 1 aromatic carbocycles. The fourth-order valence-electron chi connectivity index (χ4n) is 1.83. The summed E-state index contributed by atoms with van der Waals surface area (Å²) in [6.07, 6.45) is 2.11. The molecule has 0 spiro atoms. The highest BCUT2D eigenvalue weighted by Gasteiger charge is 2.15. The van der Waals surface area contributed by atoms with Crippen LogP contribution in [0.3, 0.4) is 0 Å². The van der Waals surface area contributed by atoms with Gasteiger partial charge in [-0.2, -0.15) is 0 Å². The molecule has 2 rings (SSSR count). The van der Waals surface area contributed by atoms with Crippen molar-refractivity contribution in [3.63, 3.8) is 0 Å². The lowest BCUT2D eigenvalue weighted by atomic mass is 10.2. The van der Waals surface area contributed by atoms with Gasteiger partial charge in [0, 0.05) is 18.2 Å². The molecule has 0 aliphatic carbocycles. The van der Waals surface area contributed by atoms with Crippen LogP contribution in [0.5, 0.6) is 0 Å². The molecule has 0 saturated carbocycles. The number of nitrogens with one attached hydrogen (secondary N) is 2. The van der Waals surface area contributed by atoms with Crippen molar-refractivity contribution in [2.75, 3.05) is 23.4 Å². The van der Waals surface area contributed by atoms with E-state index in [1.165, 1.54) is 6.07 Å². The summed E-state index contributed by atoms with van der Waals surface area (Å²) in [6, 6.07) is 8.82. The van der Waals surface area contributed by atoms with Gasteiger partial charge in [-0.15, -0.1) is 11.3 Å². The van der Waals surface area contributed by atoms with E-state index in [2.05, 4.69) is 17.6 Å². The van der Waals surface area contributed by atoms with E-state index < -0.39 is 9.84 Å². The molecule has 0 aliphatic heterocycles. The van der Waals surface area contributed by atoms with Gasteiger partial charge in [0.2, 0.25) is 0 Å². The largest absolute Gasteiger partial charge is 0.383 e. The van der Waals surface area contributed by atoms with Gasteiger partial charge in [0.15, 0.2) is 9.84 Å². The average molecular weight is 338 g/mol. The van der Waals surface area contributed by atoms with E-state index in [9.17, 15) is 13.2 Å². The van der Waals surface area contributed by atoms with Crippen molar-refractivity contribution in [1.82, 2.24) is 0 Å². The number of sulfone groups is 1. The molecule has 7 heteroatoms. The van der Waals surface area contributed by atoms with Crippen molar-refractivity contribution in [1.29, 1.82) is 0 Å². The van der Waals surface area contributed by atoms with Crippen LogP contribution in [0.15, 0.2) is 39.9 Å². The smallest absolute Gasteiger partial charge is 0.256 e. The Hall–Kier alpha value is -1.86. The minimum Gasteiger partial charge on any atom is -0.383 e. The zero-order valence-electron chi connectivity index (χ0n) is 12.4. The first kappa shape index (κ1) is 16.5. The van der Waals surface area contributed by atoms with E-state index in [0.717, 1.165) is 36.2 Å². The molecule has 1 heterocycles. The van der Waals surface area contributed by atoms with Crippen LogP contribution in [-0.4, -0.2) is 27.1 Å². The van der Waals surface area contributed by atoms with E-state index in [-0.39, 0.29) is 10.1 Å². The summed E-state index contributed by atoms with van der Waals surface area (Å²) < 4.78 is 23.1. The number of rotatable bonds is 6. The molecule has 0 aliphatic rings.